The Morgan fingerprint density at radius 2 is 1.50 bits per heavy atom. The zero-order chi connectivity index (χ0) is 22.1. The summed E-state index contributed by atoms with van der Waals surface area (Å²) >= 11 is 0. The van der Waals surface area contributed by atoms with Gasteiger partial charge in [0, 0.05) is 25.0 Å². The molecule has 5 nitrogen and oxygen atoms in total. The molecule has 2 aromatic rings. The fourth-order valence-electron chi connectivity index (χ4n) is 4.25. The van der Waals surface area contributed by atoms with Gasteiger partial charge in [-0.2, -0.15) is 4.31 Å². The van der Waals surface area contributed by atoms with Crippen LogP contribution in [0.1, 0.15) is 47.6 Å². The normalized spacial score (nSPS) is 17.0. The zero-order valence-corrected chi connectivity index (χ0v) is 19.4. The SMILES string of the molecule is Cc1ccc(CNC(=O)C2(C)CCN(S(=O)(=O)c3c(C)cc(C)cc3C)CC2)cc1. The maximum absolute atomic E-state index is 13.3. The molecule has 1 saturated heterocycles. The number of carbonyl (C=O) groups excluding carboxylic acids is 1. The van der Waals surface area contributed by atoms with E-state index in [1.807, 2.05) is 71.0 Å². The second-order valence-electron chi connectivity index (χ2n) is 8.86. The van der Waals surface area contributed by atoms with Crippen molar-refractivity contribution < 1.29 is 13.2 Å². The Labute approximate surface area is 180 Å². The average molecular weight is 429 g/mol. The number of nitrogens with zero attached hydrogens (tertiary/aromatic N) is 1. The third-order valence-corrected chi connectivity index (χ3v) is 8.36. The number of aryl methyl sites for hydroxylation is 4. The number of carbonyl (C=O) groups is 1. The van der Waals surface area contributed by atoms with Crippen molar-refractivity contribution in [3.05, 3.63) is 64.2 Å². The molecule has 0 spiro atoms. The maximum atomic E-state index is 13.3. The van der Waals surface area contributed by atoms with Crippen molar-refractivity contribution in [2.24, 2.45) is 5.41 Å². The second-order valence-corrected chi connectivity index (χ2v) is 10.7. The van der Waals surface area contributed by atoms with E-state index in [1.165, 1.54) is 9.87 Å². The molecule has 2 aromatic carbocycles. The molecule has 6 heteroatoms. The summed E-state index contributed by atoms with van der Waals surface area (Å²) in [5.74, 6) is -0.0113. The minimum atomic E-state index is -3.57. The van der Waals surface area contributed by atoms with E-state index in [-0.39, 0.29) is 5.91 Å². The van der Waals surface area contributed by atoms with Gasteiger partial charge < -0.3 is 5.32 Å². The molecule has 0 aliphatic carbocycles. The lowest BCUT2D eigenvalue weighted by atomic mass is 9.80. The van der Waals surface area contributed by atoms with Crippen LogP contribution in [0.4, 0.5) is 0 Å². The van der Waals surface area contributed by atoms with Crippen molar-refractivity contribution >= 4 is 15.9 Å². The highest BCUT2D eigenvalue weighted by Gasteiger charge is 2.40. The minimum Gasteiger partial charge on any atom is -0.352 e. The lowest BCUT2D eigenvalue weighted by Gasteiger charge is -2.38. The first-order valence-electron chi connectivity index (χ1n) is 10.4. The number of sulfonamides is 1. The van der Waals surface area contributed by atoms with Crippen LogP contribution in [0, 0.1) is 33.1 Å². The van der Waals surface area contributed by atoms with Crippen molar-refractivity contribution in [1.82, 2.24) is 9.62 Å². The number of nitrogens with one attached hydrogen (secondary N) is 1. The molecule has 0 aromatic heterocycles. The molecule has 1 heterocycles. The molecule has 0 radical (unpaired) electrons. The summed E-state index contributed by atoms with van der Waals surface area (Å²) in [6.07, 6.45) is 1.02. The Morgan fingerprint density at radius 1 is 0.967 bits per heavy atom. The van der Waals surface area contributed by atoms with Crippen molar-refractivity contribution in [2.75, 3.05) is 13.1 Å². The van der Waals surface area contributed by atoms with Crippen LogP contribution in [-0.2, 0) is 21.4 Å². The number of rotatable bonds is 5. The molecule has 30 heavy (non-hydrogen) atoms. The summed E-state index contributed by atoms with van der Waals surface area (Å²) in [6.45, 7) is 10.8. The lowest BCUT2D eigenvalue weighted by molar-refractivity contribution is -0.132. The topological polar surface area (TPSA) is 66.5 Å². The monoisotopic (exact) mass is 428 g/mol. The summed E-state index contributed by atoms with van der Waals surface area (Å²) in [6, 6.07) is 11.9. The van der Waals surface area contributed by atoms with Gasteiger partial charge in [-0.1, -0.05) is 54.4 Å². The highest BCUT2D eigenvalue weighted by atomic mass is 32.2. The van der Waals surface area contributed by atoms with Gasteiger partial charge in [0.15, 0.2) is 0 Å². The molecule has 1 N–H and O–H groups in total. The number of piperidine rings is 1. The number of amides is 1. The van der Waals surface area contributed by atoms with Gasteiger partial charge in [0.1, 0.15) is 0 Å². The molecule has 1 aliphatic heterocycles. The van der Waals surface area contributed by atoms with E-state index in [4.69, 9.17) is 0 Å². The smallest absolute Gasteiger partial charge is 0.243 e. The van der Waals surface area contributed by atoms with Crippen LogP contribution >= 0.6 is 0 Å². The first-order valence-corrected chi connectivity index (χ1v) is 11.9. The first kappa shape index (κ1) is 22.5. The van der Waals surface area contributed by atoms with Crippen molar-refractivity contribution in [3.8, 4) is 0 Å². The van der Waals surface area contributed by atoms with Gasteiger partial charge in [-0.05, 0) is 57.2 Å². The molecular formula is C24H32N2O3S. The molecule has 3 rings (SSSR count). The van der Waals surface area contributed by atoms with Gasteiger partial charge in [0.05, 0.1) is 4.90 Å². The Kier molecular flexibility index (Phi) is 6.39. The zero-order valence-electron chi connectivity index (χ0n) is 18.6. The molecular weight excluding hydrogens is 396 g/mol. The van der Waals surface area contributed by atoms with Crippen molar-refractivity contribution in [2.45, 2.75) is 58.9 Å². The van der Waals surface area contributed by atoms with E-state index < -0.39 is 15.4 Å². The molecule has 1 fully saturated rings. The largest absolute Gasteiger partial charge is 0.352 e. The van der Waals surface area contributed by atoms with Crippen LogP contribution in [0.25, 0.3) is 0 Å². The summed E-state index contributed by atoms with van der Waals surface area (Å²) < 4.78 is 28.1. The summed E-state index contributed by atoms with van der Waals surface area (Å²) in [5, 5.41) is 3.03. The maximum Gasteiger partial charge on any atom is 0.243 e. The molecule has 1 aliphatic rings. The Hall–Kier alpha value is -2.18. The third kappa shape index (κ3) is 4.60. The number of hydrogen-bond acceptors (Lipinski definition) is 3. The van der Waals surface area contributed by atoms with E-state index >= 15 is 0 Å². The Balaban J connectivity index is 1.67. The predicted octanol–water partition coefficient (Wildman–Crippen LogP) is 4.03. The third-order valence-electron chi connectivity index (χ3n) is 6.15. The van der Waals surface area contributed by atoms with Crippen LogP contribution < -0.4 is 5.32 Å². The van der Waals surface area contributed by atoms with E-state index in [1.54, 1.807) is 0 Å². The van der Waals surface area contributed by atoms with Gasteiger partial charge in [-0.3, -0.25) is 4.79 Å². The van der Waals surface area contributed by atoms with Crippen LogP contribution in [-0.4, -0.2) is 31.7 Å². The summed E-state index contributed by atoms with van der Waals surface area (Å²) in [7, 11) is -3.57. The van der Waals surface area contributed by atoms with E-state index in [2.05, 4.69) is 5.32 Å². The standard InChI is InChI=1S/C24H32N2O3S/c1-17-6-8-21(9-7-17)16-25-23(27)24(5)10-12-26(13-11-24)30(28,29)22-19(3)14-18(2)15-20(22)4/h6-9,14-15H,10-13,16H2,1-5H3,(H,25,27). The Morgan fingerprint density at radius 3 is 2.03 bits per heavy atom. The van der Waals surface area contributed by atoms with Gasteiger partial charge in [-0.25, -0.2) is 8.42 Å². The van der Waals surface area contributed by atoms with Crippen LogP contribution in [0.15, 0.2) is 41.3 Å². The lowest BCUT2D eigenvalue weighted by Crippen LogP contribution is -2.48. The minimum absolute atomic E-state index is 0.0113. The van der Waals surface area contributed by atoms with Crippen molar-refractivity contribution in [1.29, 1.82) is 0 Å². The highest BCUT2D eigenvalue weighted by Crippen LogP contribution is 2.35. The first-order chi connectivity index (χ1) is 14.0. The fraction of sp³-hybridized carbons (Fsp3) is 0.458. The van der Waals surface area contributed by atoms with Gasteiger partial charge >= 0.3 is 0 Å². The average Bonchev–Trinajstić information content (AvgIpc) is 2.66. The molecule has 0 bridgehead atoms. The van der Waals surface area contributed by atoms with Crippen LogP contribution in [0.5, 0.6) is 0 Å². The molecule has 0 atom stereocenters. The molecule has 1 amide bonds. The van der Waals surface area contributed by atoms with E-state index in [0.29, 0.717) is 37.4 Å². The molecule has 0 saturated carbocycles. The Bertz CT molecular complexity index is 1010. The second kappa shape index (κ2) is 8.52. The van der Waals surface area contributed by atoms with Gasteiger partial charge in [0.25, 0.3) is 0 Å². The molecule has 0 unspecified atom stereocenters. The fourth-order valence-corrected chi connectivity index (χ4v) is 6.10. The van der Waals surface area contributed by atoms with Gasteiger partial charge in [-0.15, -0.1) is 0 Å². The number of hydrogen-bond donors (Lipinski definition) is 1. The predicted molar refractivity (Wildman–Crippen MR) is 120 cm³/mol. The number of benzene rings is 2. The quantitative estimate of drug-likeness (QED) is 0.782. The summed E-state index contributed by atoms with van der Waals surface area (Å²) in [5.41, 5.74) is 4.29. The van der Waals surface area contributed by atoms with E-state index in [0.717, 1.165) is 22.3 Å². The van der Waals surface area contributed by atoms with Crippen molar-refractivity contribution in [3.63, 3.8) is 0 Å². The van der Waals surface area contributed by atoms with Crippen LogP contribution in [0.2, 0.25) is 0 Å². The van der Waals surface area contributed by atoms with Gasteiger partial charge in [0.2, 0.25) is 15.9 Å². The van der Waals surface area contributed by atoms with E-state index in [9.17, 15) is 13.2 Å². The summed E-state index contributed by atoms with van der Waals surface area (Å²) in [4.78, 5) is 13.3. The highest BCUT2D eigenvalue weighted by molar-refractivity contribution is 7.89. The molecule has 162 valence electrons. The van der Waals surface area contributed by atoms with Crippen LogP contribution in [0.3, 0.4) is 0 Å².